The standard InChI is InChI=1S/C44H27B7N2/c1-4-29-52-27-18-9-10-19-28(27)53(29)22-13-11-12-21(20-22)30-23-14-5-7-16-25(23)31(26-17-8-6-15-24(26)30)34-37(45)35-32(38(46)40(34)48)33-36(44(35,2)3)41(49)43(51)42(50)39(33)47/h5-20H,4H2,1-3H3. The summed E-state index contributed by atoms with van der Waals surface area (Å²) in [6.07, 6.45) is 0.800. The van der Waals surface area contributed by atoms with E-state index in [4.69, 9.17) is 59.9 Å². The second-order valence-electron chi connectivity index (χ2n) is 14.5. The van der Waals surface area contributed by atoms with Gasteiger partial charge in [0, 0.05) is 17.5 Å². The van der Waals surface area contributed by atoms with Crippen molar-refractivity contribution in [1.82, 2.24) is 9.55 Å². The molecule has 7 aromatic carbocycles. The van der Waals surface area contributed by atoms with E-state index in [1.54, 1.807) is 0 Å². The Hall–Kier alpha value is -5.02. The smallest absolute Gasteiger partial charge is 0.115 e. The molecule has 0 bridgehead atoms. The molecule has 1 aromatic heterocycles. The fourth-order valence-electron chi connectivity index (χ4n) is 8.96. The molecule has 2 nitrogen and oxygen atoms in total. The van der Waals surface area contributed by atoms with Gasteiger partial charge in [0.2, 0.25) is 0 Å². The normalized spacial score (nSPS) is 13.2. The van der Waals surface area contributed by atoms with Crippen molar-refractivity contribution in [2.24, 2.45) is 0 Å². The van der Waals surface area contributed by atoms with Crippen LogP contribution >= 0.6 is 0 Å². The lowest BCUT2D eigenvalue weighted by molar-refractivity contribution is 0.670. The minimum Gasteiger partial charge on any atom is -0.296 e. The van der Waals surface area contributed by atoms with Crippen LogP contribution in [0.2, 0.25) is 0 Å². The molecule has 8 aromatic rings. The fourth-order valence-corrected chi connectivity index (χ4v) is 8.96. The van der Waals surface area contributed by atoms with Gasteiger partial charge in [0.1, 0.15) is 60.7 Å². The van der Waals surface area contributed by atoms with Crippen molar-refractivity contribution in [3.63, 3.8) is 0 Å². The first-order valence-corrected chi connectivity index (χ1v) is 17.8. The average molecular weight is 659 g/mol. The summed E-state index contributed by atoms with van der Waals surface area (Å²) in [6, 6.07) is 33.7. The predicted molar refractivity (Wildman–Crippen MR) is 232 cm³/mol. The molecule has 0 saturated heterocycles. The summed E-state index contributed by atoms with van der Waals surface area (Å²) in [7, 11) is 47.6. The SMILES string of the molecule is [B]c1c([B])c([B])c2c(c1[B])-c1c([B])c([B])c(-c3c4ccccc4c(-c4cccc(-n5c(CC)nc6ccccc65)c4)c4ccccc34)c([B])c1C2(C)C. The number of hydrogen-bond donors (Lipinski definition) is 0. The van der Waals surface area contributed by atoms with Crippen molar-refractivity contribution >= 4 is 126 Å². The highest BCUT2D eigenvalue weighted by Gasteiger charge is 2.41. The second kappa shape index (κ2) is 12.0. The zero-order chi connectivity index (χ0) is 37.1. The molecule has 14 radical (unpaired) electrons. The minimum absolute atomic E-state index is 0.217. The van der Waals surface area contributed by atoms with Gasteiger partial charge in [-0.25, -0.2) is 4.98 Å². The zero-order valence-electron chi connectivity index (χ0n) is 29.9. The Kier molecular flexibility index (Phi) is 7.65. The monoisotopic (exact) mass is 660 g/mol. The van der Waals surface area contributed by atoms with Gasteiger partial charge < -0.3 is 0 Å². The second-order valence-corrected chi connectivity index (χ2v) is 14.5. The van der Waals surface area contributed by atoms with Crippen molar-refractivity contribution in [2.75, 3.05) is 0 Å². The number of imidazole rings is 1. The Morgan fingerprint density at radius 1 is 0.509 bits per heavy atom. The molecular weight excluding hydrogens is 632 g/mol. The molecule has 234 valence electrons. The van der Waals surface area contributed by atoms with E-state index in [0.29, 0.717) is 44.0 Å². The molecule has 0 saturated carbocycles. The van der Waals surface area contributed by atoms with Gasteiger partial charge in [-0.1, -0.05) is 121 Å². The van der Waals surface area contributed by atoms with Crippen molar-refractivity contribution in [1.29, 1.82) is 0 Å². The molecule has 0 unspecified atom stereocenters. The summed E-state index contributed by atoms with van der Waals surface area (Å²) in [5.41, 5.74) is 11.4. The maximum absolute atomic E-state index is 7.36. The van der Waals surface area contributed by atoms with Crippen LogP contribution in [0.5, 0.6) is 0 Å². The topological polar surface area (TPSA) is 17.8 Å². The number of rotatable bonds is 4. The molecule has 0 atom stereocenters. The van der Waals surface area contributed by atoms with Crippen LogP contribution in [0, 0.1) is 0 Å². The van der Waals surface area contributed by atoms with Gasteiger partial charge in [-0.3, -0.25) is 4.57 Å². The Balaban J connectivity index is 1.35. The van der Waals surface area contributed by atoms with Crippen molar-refractivity contribution in [3.05, 3.63) is 114 Å². The number of para-hydroxylation sites is 2. The van der Waals surface area contributed by atoms with Crippen LogP contribution < -0.4 is 38.2 Å². The van der Waals surface area contributed by atoms with Crippen molar-refractivity contribution in [3.8, 4) is 39.1 Å². The van der Waals surface area contributed by atoms with Gasteiger partial charge in [-0.2, -0.15) is 0 Å². The van der Waals surface area contributed by atoms with Crippen molar-refractivity contribution < 1.29 is 0 Å². The molecule has 0 fully saturated rings. The van der Waals surface area contributed by atoms with Gasteiger partial charge in [-0.15, -0.1) is 10.9 Å². The Bertz CT molecular complexity index is 2830. The number of aromatic nitrogens is 2. The van der Waals surface area contributed by atoms with Gasteiger partial charge in [0.15, 0.2) is 0 Å². The average Bonchev–Trinajstić information content (AvgIpc) is 3.67. The lowest BCUT2D eigenvalue weighted by atomic mass is 9.61. The highest BCUT2D eigenvalue weighted by molar-refractivity contribution is 6.65. The van der Waals surface area contributed by atoms with Gasteiger partial charge in [0.25, 0.3) is 0 Å². The van der Waals surface area contributed by atoms with E-state index >= 15 is 0 Å². The molecule has 1 aliphatic carbocycles. The van der Waals surface area contributed by atoms with Gasteiger partial charge in [0.05, 0.1) is 11.0 Å². The lowest BCUT2D eigenvalue weighted by Gasteiger charge is -2.30. The summed E-state index contributed by atoms with van der Waals surface area (Å²) < 4.78 is 2.26. The van der Waals surface area contributed by atoms with E-state index in [-0.39, 0.29) is 10.9 Å². The highest BCUT2D eigenvalue weighted by Crippen LogP contribution is 2.48. The van der Waals surface area contributed by atoms with Gasteiger partial charge >= 0.3 is 0 Å². The van der Waals surface area contributed by atoms with E-state index in [1.807, 2.05) is 18.2 Å². The van der Waals surface area contributed by atoms with E-state index in [2.05, 4.69) is 104 Å². The van der Waals surface area contributed by atoms with Crippen LogP contribution in [-0.4, -0.2) is 64.5 Å². The first-order valence-electron chi connectivity index (χ1n) is 17.8. The van der Waals surface area contributed by atoms with Crippen LogP contribution in [-0.2, 0) is 11.8 Å². The molecule has 1 aliphatic rings. The maximum atomic E-state index is 7.36. The molecule has 1 heterocycles. The molecule has 53 heavy (non-hydrogen) atoms. The van der Waals surface area contributed by atoms with E-state index in [1.165, 1.54) is 0 Å². The number of nitrogens with zero attached hydrogens (tertiary/aromatic N) is 2. The van der Waals surface area contributed by atoms with E-state index in [0.717, 1.165) is 78.3 Å². The van der Waals surface area contributed by atoms with Crippen LogP contribution in [0.25, 0.3) is 71.6 Å². The molecule has 0 amide bonds. The molecule has 0 N–H and O–H groups in total. The van der Waals surface area contributed by atoms with Crippen LogP contribution in [0.4, 0.5) is 0 Å². The minimum atomic E-state index is -0.716. The first kappa shape index (κ1) is 33.8. The Labute approximate surface area is 319 Å². The summed E-state index contributed by atoms with van der Waals surface area (Å²) >= 11 is 0. The number of aryl methyl sites for hydroxylation is 1. The number of fused-ring (bicyclic) bond motifs is 6. The third kappa shape index (κ3) is 4.59. The highest BCUT2D eigenvalue weighted by atomic mass is 15.1. The predicted octanol–water partition coefficient (Wildman–Crippen LogP) is 3.09. The number of benzene rings is 7. The quantitative estimate of drug-likeness (QED) is 0.210. The molecule has 9 heteroatoms. The van der Waals surface area contributed by atoms with E-state index < -0.39 is 5.41 Å². The lowest BCUT2D eigenvalue weighted by Crippen LogP contribution is -2.51. The summed E-state index contributed by atoms with van der Waals surface area (Å²) in [4.78, 5) is 4.95. The summed E-state index contributed by atoms with van der Waals surface area (Å²) in [6.45, 7) is 6.25. The van der Waals surface area contributed by atoms with Crippen LogP contribution in [0.3, 0.4) is 0 Å². The van der Waals surface area contributed by atoms with Gasteiger partial charge in [-0.05, 0) is 90.3 Å². The molecule has 0 aliphatic heterocycles. The molecular formula is C44H27B7N2. The Morgan fingerprint density at radius 3 is 1.64 bits per heavy atom. The third-order valence-corrected chi connectivity index (χ3v) is 11.3. The van der Waals surface area contributed by atoms with E-state index in [9.17, 15) is 0 Å². The van der Waals surface area contributed by atoms with Crippen molar-refractivity contribution in [2.45, 2.75) is 32.6 Å². The van der Waals surface area contributed by atoms with Crippen LogP contribution in [0.1, 0.15) is 37.7 Å². The maximum Gasteiger partial charge on any atom is 0.115 e. The summed E-state index contributed by atoms with van der Waals surface area (Å²) in [5, 5.41) is 4.10. The largest absolute Gasteiger partial charge is 0.296 e. The Morgan fingerprint density at radius 2 is 1.02 bits per heavy atom. The first-order chi connectivity index (χ1) is 25.5. The van der Waals surface area contributed by atoms with Crippen LogP contribution in [0.15, 0.2) is 97.1 Å². The molecule has 0 spiro atoms. The third-order valence-electron chi connectivity index (χ3n) is 11.3. The fraction of sp³-hybridized carbons (Fsp3) is 0.114. The number of hydrogen-bond acceptors (Lipinski definition) is 1. The summed E-state index contributed by atoms with van der Waals surface area (Å²) in [5.74, 6) is 1.01. The zero-order valence-corrected chi connectivity index (χ0v) is 29.9. The molecule has 9 rings (SSSR count).